The summed E-state index contributed by atoms with van der Waals surface area (Å²) in [5.74, 6) is 0. The van der Waals surface area contributed by atoms with E-state index in [2.05, 4.69) is 55.2 Å². The molecule has 1 aromatic rings. The van der Waals surface area contributed by atoms with E-state index in [1.807, 2.05) is 27.7 Å². The highest BCUT2D eigenvalue weighted by atomic mass is 15.3. The molecule has 1 fully saturated rings. The molecule has 3 atom stereocenters. The second kappa shape index (κ2) is 7.87. The standard InChI is InChI=1S/C19H25N.2C2H6/c1-3-12-19-14-18(19,2)16-10-7-6-9-15(16)17-11-5-4-8-13-20(17)19;2*1-2/h4,6-10,17H,3,5,11-14H2,1-2H3;2*1-2H3. The number of nitrogens with zero attached hydrogens (tertiary/aromatic N) is 1. The monoisotopic (exact) mass is 327 g/mol. The largest absolute Gasteiger partial charge is 0.286 e. The van der Waals surface area contributed by atoms with E-state index in [4.69, 9.17) is 0 Å². The summed E-state index contributed by atoms with van der Waals surface area (Å²) in [6.45, 7) is 14.0. The lowest BCUT2D eigenvalue weighted by atomic mass is 9.78. The molecule has 1 aromatic carbocycles. The molecular weight excluding hydrogens is 290 g/mol. The van der Waals surface area contributed by atoms with E-state index < -0.39 is 0 Å². The Hall–Kier alpha value is -1.08. The van der Waals surface area contributed by atoms with Gasteiger partial charge in [-0.05, 0) is 36.8 Å². The predicted molar refractivity (Wildman–Crippen MR) is 107 cm³/mol. The van der Waals surface area contributed by atoms with Gasteiger partial charge >= 0.3 is 0 Å². The SMILES string of the molecule is CC.CC.CCCC12CC1(C)c1ccccc1C1CCC=CCN12. The first-order chi connectivity index (χ1) is 11.7. The lowest BCUT2D eigenvalue weighted by Gasteiger charge is -2.46. The Bertz CT molecular complexity index is 561. The molecule has 0 spiro atoms. The van der Waals surface area contributed by atoms with Crippen LogP contribution < -0.4 is 0 Å². The van der Waals surface area contributed by atoms with E-state index in [0.717, 1.165) is 6.54 Å². The van der Waals surface area contributed by atoms with Crippen LogP contribution in [0.4, 0.5) is 0 Å². The van der Waals surface area contributed by atoms with Crippen molar-refractivity contribution in [1.82, 2.24) is 4.90 Å². The maximum Gasteiger partial charge on any atom is 0.0363 e. The third-order valence-electron chi connectivity index (χ3n) is 6.13. The number of benzene rings is 1. The molecular formula is C23H37N. The Kier molecular flexibility index (Phi) is 6.31. The van der Waals surface area contributed by atoms with E-state index in [1.165, 1.54) is 32.1 Å². The van der Waals surface area contributed by atoms with Crippen molar-refractivity contribution in [1.29, 1.82) is 0 Å². The van der Waals surface area contributed by atoms with Crippen molar-refractivity contribution < 1.29 is 0 Å². The quantitative estimate of drug-likeness (QED) is 0.550. The van der Waals surface area contributed by atoms with Gasteiger partial charge in [0.25, 0.3) is 0 Å². The van der Waals surface area contributed by atoms with E-state index >= 15 is 0 Å². The second-order valence-electron chi connectivity index (χ2n) is 7.09. The zero-order valence-electron chi connectivity index (χ0n) is 16.7. The van der Waals surface area contributed by atoms with Crippen molar-refractivity contribution in [3.05, 3.63) is 47.5 Å². The Balaban J connectivity index is 0.000000487. The minimum absolute atomic E-state index is 0.397. The van der Waals surface area contributed by atoms with Gasteiger partial charge in [0.05, 0.1) is 0 Å². The van der Waals surface area contributed by atoms with E-state index in [0.29, 0.717) is 17.0 Å². The highest BCUT2D eigenvalue weighted by molar-refractivity contribution is 5.51. The first-order valence-corrected chi connectivity index (χ1v) is 10.2. The predicted octanol–water partition coefficient (Wildman–Crippen LogP) is 6.65. The van der Waals surface area contributed by atoms with E-state index in [9.17, 15) is 0 Å². The van der Waals surface area contributed by atoms with Crippen LogP contribution in [0, 0.1) is 0 Å². The summed E-state index contributed by atoms with van der Waals surface area (Å²) in [5, 5.41) is 0. The van der Waals surface area contributed by atoms with Crippen molar-refractivity contribution >= 4 is 0 Å². The zero-order valence-corrected chi connectivity index (χ0v) is 16.7. The fourth-order valence-electron chi connectivity index (χ4n) is 5.16. The van der Waals surface area contributed by atoms with Gasteiger partial charge < -0.3 is 0 Å². The van der Waals surface area contributed by atoms with Crippen molar-refractivity contribution in [2.75, 3.05) is 6.54 Å². The molecule has 134 valence electrons. The lowest BCUT2D eigenvalue weighted by molar-refractivity contribution is 0.0899. The summed E-state index contributed by atoms with van der Waals surface area (Å²) in [6, 6.07) is 9.90. The van der Waals surface area contributed by atoms with Crippen LogP contribution in [0.15, 0.2) is 36.4 Å². The van der Waals surface area contributed by atoms with Gasteiger partial charge in [-0.2, -0.15) is 0 Å². The molecule has 0 radical (unpaired) electrons. The Morgan fingerprint density at radius 3 is 2.50 bits per heavy atom. The second-order valence-corrected chi connectivity index (χ2v) is 7.09. The molecule has 3 unspecified atom stereocenters. The smallest absolute Gasteiger partial charge is 0.0363 e. The summed E-state index contributed by atoms with van der Waals surface area (Å²) in [5.41, 5.74) is 4.10. The Morgan fingerprint density at radius 2 is 1.79 bits per heavy atom. The molecule has 0 N–H and O–H groups in total. The molecule has 1 saturated carbocycles. The van der Waals surface area contributed by atoms with Gasteiger partial charge in [0.15, 0.2) is 0 Å². The Morgan fingerprint density at radius 1 is 1.08 bits per heavy atom. The normalized spacial score (nSPS) is 32.7. The maximum absolute atomic E-state index is 2.85. The van der Waals surface area contributed by atoms with Gasteiger partial charge in [0.1, 0.15) is 0 Å². The third-order valence-corrected chi connectivity index (χ3v) is 6.13. The van der Waals surface area contributed by atoms with Crippen LogP contribution in [-0.2, 0) is 5.41 Å². The average Bonchev–Trinajstić information content (AvgIpc) is 3.33. The number of hydrogen-bond acceptors (Lipinski definition) is 1. The number of hydrogen-bond donors (Lipinski definition) is 0. The topological polar surface area (TPSA) is 3.24 Å². The zero-order chi connectivity index (χ0) is 17.8. The minimum Gasteiger partial charge on any atom is -0.286 e. The molecule has 0 bridgehead atoms. The first-order valence-electron chi connectivity index (χ1n) is 10.2. The molecule has 1 nitrogen and oxygen atoms in total. The molecule has 2 aliphatic heterocycles. The van der Waals surface area contributed by atoms with E-state index in [-0.39, 0.29) is 0 Å². The molecule has 0 saturated heterocycles. The van der Waals surface area contributed by atoms with Crippen LogP contribution in [0.5, 0.6) is 0 Å². The highest BCUT2D eigenvalue weighted by Crippen LogP contribution is 2.69. The van der Waals surface area contributed by atoms with Crippen LogP contribution in [0.1, 0.15) is 90.8 Å². The molecule has 0 amide bonds. The van der Waals surface area contributed by atoms with Gasteiger partial charge in [-0.25, -0.2) is 0 Å². The van der Waals surface area contributed by atoms with Gasteiger partial charge in [0, 0.05) is 23.5 Å². The van der Waals surface area contributed by atoms with Crippen LogP contribution >= 0.6 is 0 Å². The molecule has 24 heavy (non-hydrogen) atoms. The molecule has 0 aromatic heterocycles. The summed E-state index contributed by atoms with van der Waals surface area (Å²) in [7, 11) is 0. The van der Waals surface area contributed by atoms with Crippen LogP contribution in [0.25, 0.3) is 0 Å². The third kappa shape index (κ3) is 2.75. The van der Waals surface area contributed by atoms with Gasteiger partial charge in [-0.1, -0.05) is 84.4 Å². The average molecular weight is 328 g/mol. The van der Waals surface area contributed by atoms with Gasteiger partial charge in [0.2, 0.25) is 0 Å². The summed E-state index contributed by atoms with van der Waals surface area (Å²) >= 11 is 0. The minimum atomic E-state index is 0.397. The lowest BCUT2D eigenvalue weighted by Crippen LogP contribution is -2.48. The summed E-state index contributed by atoms with van der Waals surface area (Å²) < 4.78 is 0. The van der Waals surface area contributed by atoms with E-state index in [1.54, 1.807) is 11.1 Å². The number of allylic oxidation sites excluding steroid dienone is 1. The fraction of sp³-hybridized carbons (Fsp3) is 0.652. The molecule has 1 aliphatic carbocycles. The Labute approximate surface area is 150 Å². The molecule has 3 aliphatic rings. The van der Waals surface area contributed by atoms with Crippen LogP contribution in [0.2, 0.25) is 0 Å². The molecule has 2 heterocycles. The van der Waals surface area contributed by atoms with Crippen molar-refractivity contribution in [3.8, 4) is 0 Å². The highest BCUT2D eigenvalue weighted by Gasteiger charge is 2.70. The fourth-order valence-corrected chi connectivity index (χ4v) is 5.16. The first kappa shape index (κ1) is 19.2. The summed E-state index contributed by atoms with van der Waals surface area (Å²) in [4.78, 5) is 2.85. The summed E-state index contributed by atoms with van der Waals surface area (Å²) in [6.07, 6.45) is 11.3. The van der Waals surface area contributed by atoms with Crippen LogP contribution in [-0.4, -0.2) is 17.0 Å². The molecule has 4 rings (SSSR count). The van der Waals surface area contributed by atoms with Crippen molar-refractivity contribution in [3.63, 3.8) is 0 Å². The van der Waals surface area contributed by atoms with Crippen LogP contribution in [0.3, 0.4) is 0 Å². The van der Waals surface area contributed by atoms with Gasteiger partial charge in [-0.15, -0.1) is 0 Å². The number of fused-ring (bicyclic) bond motifs is 6. The van der Waals surface area contributed by atoms with Gasteiger partial charge in [-0.3, -0.25) is 4.90 Å². The molecule has 1 heteroatoms. The number of rotatable bonds is 2. The van der Waals surface area contributed by atoms with Crippen molar-refractivity contribution in [2.45, 2.75) is 90.6 Å². The maximum atomic E-state index is 2.85. The van der Waals surface area contributed by atoms with Crippen molar-refractivity contribution in [2.24, 2.45) is 0 Å².